The van der Waals surface area contributed by atoms with Gasteiger partial charge in [-0.2, -0.15) is 0 Å². The van der Waals surface area contributed by atoms with Crippen LogP contribution in [0.15, 0.2) is 36.4 Å². The summed E-state index contributed by atoms with van der Waals surface area (Å²) in [7, 11) is 2.01. The van der Waals surface area contributed by atoms with Gasteiger partial charge in [0, 0.05) is 26.2 Å². The summed E-state index contributed by atoms with van der Waals surface area (Å²) in [5.41, 5.74) is 2.78. The zero-order valence-corrected chi connectivity index (χ0v) is 16.5. The number of hydrogen-bond donors (Lipinski definition) is 1. The van der Waals surface area contributed by atoms with Crippen LogP contribution in [0.5, 0.6) is 0 Å². The molecule has 7 heteroatoms. The second-order valence-electron chi connectivity index (χ2n) is 6.57. The van der Waals surface area contributed by atoms with Gasteiger partial charge in [0.25, 0.3) is 0 Å². The lowest BCUT2D eigenvalue weighted by Crippen LogP contribution is -2.40. The summed E-state index contributed by atoms with van der Waals surface area (Å²) in [6.45, 7) is 1.99. The number of aryl methyl sites for hydroxylation is 1. The van der Waals surface area contributed by atoms with E-state index < -0.39 is 0 Å². The highest BCUT2D eigenvalue weighted by molar-refractivity contribution is 7.96. The maximum Gasteiger partial charge on any atom is 0.161 e. The number of fused-ring (bicyclic) bond motifs is 1. The average molecular weight is 388 g/mol. The molecule has 3 heterocycles. The minimum absolute atomic E-state index is 0.577. The van der Waals surface area contributed by atoms with Gasteiger partial charge >= 0.3 is 0 Å². The highest BCUT2D eigenvalue weighted by Crippen LogP contribution is 2.31. The summed E-state index contributed by atoms with van der Waals surface area (Å²) in [5.74, 6) is 1.77. The zero-order chi connectivity index (χ0) is 18.1. The van der Waals surface area contributed by atoms with Crippen LogP contribution in [-0.4, -0.2) is 39.9 Å². The molecule has 5 nitrogen and oxygen atoms in total. The van der Waals surface area contributed by atoms with Gasteiger partial charge in [-0.1, -0.05) is 35.7 Å². The molecule has 0 amide bonds. The third-order valence-corrected chi connectivity index (χ3v) is 5.81. The fourth-order valence-electron chi connectivity index (χ4n) is 3.52. The Morgan fingerprint density at radius 3 is 2.62 bits per heavy atom. The second-order valence-corrected chi connectivity index (χ2v) is 7.62. The van der Waals surface area contributed by atoms with E-state index in [2.05, 4.69) is 26.5 Å². The Kier molecular flexibility index (Phi) is 5.07. The molecule has 1 aromatic carbocycles. The van der Waals surface area contributed by atoms with Crippen LogP contribution >= 0.6 is 23.5 Å². The number of hydrogen-bond acceptors (Lipinski definition) is 5. The molecule has 4 rings (SSSR count). The summed E-state index contributed by atoms with van der Waals surface area (Å²) in [6, 6.07) is 12.6. The van der Waals surface area contributed by atoms with Crippen molar-refractivity contribution in [2.75, 3.05) is 24.2 Å². The quantitative estimate of drug-likeness (QED) is 0.682. The van der Waals surface area contributed by atoms with Crippen molar-refractivity contribution >= 4 is 40.4 Å². The van der Waals surface area contributed by atoms with Crippen LogP contribution in [-0.2, 0) is 7.05 Å². The molecule has 1 saturated heterocycles. The van der Waals surface area contributed by atoms with Gasteiger partial charge in [0.05, 0.1) is 16.1 Å². The van der Waals surface area contributed by atoms with E-state index in [1.165, 1.54) is 0 Å². The summed E-state index contributed by atoms with van der Waals surface area (Å²) in [6.07, 6.45) is 4.32. The molecule has 2 aromatic heterocycles. The van der Waals surface area contributed by atoms with Crippen molar-refractivity contribution in [3.05, 3.63) is 41.4 Å². The number of halogens is 1. The predicted molar refractivity (Wildman–Crippen MR) is 111 cm³/mol. The van der Waals surface area contributed by atoms with E-state index in [9.17, 15) is 0 Å². The number of imidazole rings is 1. The first kappa shape index (κ1) is 17.6. The molecular formula is C19H22ClN5S. The molecule has 0 bridgehead atoms. The van der Waals surface area contributed by atoms with Crippen molar-refractivity contribution in [3.8, 4) is 11.5 Å². The Bertz CT molecular complexity index is 917. The minimum Gasteiger partial charge on any atom is -0.356 e. The lowest BCUT2D eigenvalue weighted by Gasteiger charge is -2.33. The lowest BCUT2D eigenvalue weighted by molar-refractivity contribution is 0.477. The molecule has 0 spiro atoms. The third-order valence-electron chi connectivity index (χ3n) is 4.93. The average Bonchev–Trinajstić information content (AvgIpc) is 3.00. The van der Waals surface area contributed by atoms with E-state index >= 15 is 0 Å². The normalized spacial score (nSPS) is 15.7. The molecule has 0 atom stereocenters. The molecule has 0 aliphatic carbocycles. The van der Waals surface area contributed by atoms with E-state index in [1.54, 1.807) is 11.9 Å². The summed E-state index contributed by atoms with van der Waals surface area (Å²) >= 11 is 8.18. The molecule has 1 aliphatic rings. The molecule has 1 fully saturated rings. The van der Waals surface area contributed by atoms with Gasteiger partial charge < -0.3 is 9.47 Å². The zero-order valence-electron chi connectivity index (χ0n) is 14.9. The number of anilines is 1. The van der Waals surface area contributed by atoms with Crippen molar-refractivity contribution in [2.24, 2.45) is 7.05 Å². The standard InChI is InChI=1S/C19H22ClN5S/c1-24-16-6-4-3-5-15(16)21-19(24)18-14(20)7-8-17(22-18)25-11-9-13(10-12-25)23-26-2/h3-8,13,23H,9-12H2,1-2H3. The number of pyridine rings is 1. The van der Waals surface area contributed by atoms with Crippen LogP contribution in [0, 0.1) is 0 Å². The van der Waals surface area contributed by atoms with Crippen LogP contribution in [0.1, 0.15) is 12.8 Å². The Balaban J connectivity index is 1.65. The Morgan fingerprint density at radius 1 is 1.12 bits per heavy atom. The smallest absolute Gasteiger partial charge is 0.161 e. The van der Waals surface area contributed by atoms with Crippen LogP contribution in [0.2, 0.25) is 5.02 Å². The van der Waals surface area contributed by atoms with Crippen LogP contribution in [0.3, 0.4) is 0 Å². The molecule has 0 unspecified atom stereocenters. The maximum absolute atomic E-state index is 6.49. The van der Waals surface area contributed by atoms with Crippen LogP contribution < -0.4 is 9.62 Å². The molecular weight excluding hydrogens is 366 g/mol. The topological polar surface area (TPSA) is 46.0 Å². The van der Waals surface area contributed by atoms with E-state index in [0.717, 1.165) is 54.3 Å². The van der Waals surface area contributed by atoms with Crippen molar-refractivity contribution in [1.82, 2.24) is 19.3 Å². The predicted octanol–water partition coefficient (Wildman–Crippen LogP) is 4.13. The van der Waals surface area contributed by atoms with E-state index in [-0.39, 0.29) is 0 Å². The molecule has 0 saturated carbocycles. The van der Waals surface area contributed by atoms with Crippen LogP contribution in [0.4, 0.5) is 5.82 Å². The van der Waals surface area contributed by atoms with Crippen LogP contribution in [0.25, 0.3) is 22.6 Å². The monoisotopic (exact) mass is 387 g/mol. The number of benzene rings is 1. The van der Waals surface area contributed by atoms with Gasteiger partial charge in [0.1, 0.15) is 11.5 Å². The Labute approximate surface area is 162 Å². The number of para-hydroxylation sites is 2. The van der Waals surface area contributed by atoms with Crippen molar-refractivity contribution in [1.29, 1.82) is 0 Å². The van der Waals surface area contributed by atoms with E-state index in [0.29, 0.717) is 11.1 Å². The Morgan fingerprint density at radius 2 is 1.88 bits per heavy atom. The first-order valence-electron chi connectivity index (χ1n) is 8.79. The fourth-order valence-corrected chi connectivity index (χ4v) is 4.27. The van der Waals surface area contributed by atoms with Gasteiger partial charge in [-0.3, -0.25) is 4.72 Å². The summed E-state index contributed by atoms with van der Waals surface area (Å²) in [4.78, 5) is 12.0. The number of aromatic nitrogens is 3. The molecule has 3 aromatic rings. The highest BCUT2D eigenvalue weighted by Gasteiger charge is 2.21. The molecule has 1 N–H and O–H groups in total. The van der Waals surface area contributed by atoms with Gasteiger partial charge in [0.15, 0.2) is 5.82 Å². The number of piperidine rings is 1. The second kappa shape index (κ2) is 7.47. The highest BCUT2D eigenvalue weighted by atomic mass is 35.5. The minimum atomic E-state index is 0.577. The number of rotatable bonds is 4. The molecule has 0 radical (unpaired) electrons. The third kappa shape index (κ3) is 3.29. The maximum atomic E-state index is 6.49. The van der Waals surface area contributed by atoms with Crippen molar-refractivity contribution in [3.63, 3.8) is 0 Å². The SMILES string of the molecule is CSNC1CCN(c2ccc(Cl)c(-c3nc4ccccc4n3C)n2)CC1. The summed E-state index contributed by atoms with van der Waals surface area (Å²) in [5, 5.41) is 0.631. The largest absolute Gasteiger partial charge is 0.356 e. The first-order valence-corrected chi connectivity index (χ1v) is 10.4. The number of nitrogens with zero attached hydrogens (tertiary/aromatic N) is 4. The van der Waals surface area contributed by atoms with Gasteiger partial charge in [0.2, 0.25) is 0 Å². The first-order chi connectivity index (χ1) is 12.7. The van der Waals surface area contributed by atoms with E-state index in [4.69, 9.17) is 21.6 Å². The molecule has 1 aliphatic heterocycles. The van der Waals surface area contributed by atoms with Crippen molar-refractivity contribution < 1.29 is 0 Å². The Hall–Kier alpha value is -1.76. The van der Waals surface area contributed by atoms with E-state index in [1.807, 2.05) is 37.4 Å². The molecule has 26 heavy (non-hydrogen) atoms. The number of nitrogens with one attached hydrogen (secondary N) is 1. The fraction of sp³-hybridized carbons (Fsp3) is 0.368. The van der Waals surface area contributed by atoms with Gasteiger partial charge in [-0.05, 0) is 43.4 Å². The van der Waals surface area contributed by atoms with Crippen molar-refractivity contribution in [2.45, 2.75) is 18.9 Å². The molecule has 136 valence electrons. The van der Waals surface area contributed by atoms with Gasteiger partial charge in [-0.25, -0.2) is 9.97 Å². The lowest BCUT2D eigenvalue weighted by atomic mass is 10.1. The summed E-state index contributed by atoms with van der Waals surface area (Å²) < 4.78 is 5.52. The van der Waals surface area contributed by atoms with Gasteiger partial charge in [-0.15, -0.1) is 0 Å².